The molecule has 0 fully saturated rings. The Bertz CT molecular complexity index is 143. The van der Waals surface area contributed by atoms with E-state index >= 15 is 0 Å². The summed E-state index contributed by atoms with van der Waals surface area (Å²) in [7, 11) is 7.21. The van der Waals surface area contributed by atoms with Crippen LogP contribution in [0.3, 0.4) is 0 Å². The van der Waals surface area contributed by atoms with E-state index in [1.54, 1.807) is 20.0 Å². The van der Waals surface area contributed by atoms with Crippen LogP contribution >= 0.6 is 18.4 Å². The molecule has 1 aromatic carbocycles. The molecular weight excluding hydrogens is 335 g/mol. The first kappa shape index (κ1) is 9.68. The number of benzene rings is 1. The second-order valence-electron chi connectivity index (χ2n) is 1.41. The van der Waals surface area contributed by atoms with Crippen LogP contribution in [0.15, 0.2) is 30.3 Å². The van der Waals surface area contributed by atoms with Gasteiger partial charge >= 0.3 is 29.2 Å². The molecule has 1 aromatic rings. The van der Waals surface area contributed by atoms with Crippen molar-refractivity contribution in [2.75, 3.05) is 0 Å². The first-order valence-corrected chi connectivity index (χ1v) is 5.58. The number of hydrogen-bond donors (Lipinski definition) is 0. The maximum absolute atomic E-state index is 4.58. The summed E-state index contributed by atoms with van der Waals surface area (Å²) >= 11 is 1.75. The zero-order valence-corrected chi connectivity index (χ0v) is 8.72. The molecule has 0 saturated carbocycles. The predicted octanol–water partition coefficient (Wildman–Crippen LogP) is 1.87. The Hall–Kier alpha value is 0.680. The molecule has 0 bridgehead atoms. The van der Waals surface area contributed by atoms with Gasteiger partial charge in [0.25, 0.3) is 0 Å². The zero-order chi connectivity index (χ0) is 7.11. The van der Waals surface area contributed by atoms with Gasteiger partial charge in [0.2, 0.25) is 0 Å². The quantitative estimate of drug-likeness (QED) is 0.499. The molecule has 1 atom stereocenters. The van der Waals surface area contributed by atoms with Gasteiger partial charge in [-0.3, -0.25) is 0 Å². The molecule has 0 aliphatic carbocycles. The van der Waals surface area contributed by atoms with Crippen molar-refractivity contribution in [3.05, 3.63) is 30.3 Å². The molecule has 0 aromatic heterocycles. The molecule has 0 radical (unpaired) electrons. The summed E-state index contributed by atoms with van der Waals surface area (Å²) in [5.41, 5.74) is 0. The Kier molecular flexibility index (Phi) is 7.31. The van der Waals surface area contributed by atoms with Gasteiger partial charge in [-0.05, 0) is 5.30 Å². The third-order valence-electron chi connectivity index (χ3n) is 0.800. The monoisotopic (exact) mass is 342 g/mol. The van der Waals surface area contributed by atoms with E-state index in [1.807, 2.05) is 30.3 Å². The van der Waals surface area contributed by atoms with Crippen molar-refractivity contribution in [2.45, 2.75) is 0 Å². The Labute approximate surface area is 73.9 Å². The van der Waals surface area contributed by atoms with E-state index in [0.717, 1.165) is 0 Å². The topological polar surface area (TPSA) is 0 Å². The van der Waals surface area contributed by atoms with Gasteiger partial charge in [0.15, 0.2) is 0 Å². The van der Waals surface area contributed by atoms with Gasteiger partial charge in [0, 0.05) is 0 Å². The summed E-state index contributed by atoms with van der Waals surface area (Å²) in [6.45, 7) is 0. The molecule has 1 unspecified atom stereocenters. The van der Waals surface area contributed by atoms with Gasteiger partial charge < -0.3 is 0 Å². The van der Waals surface area contributed by atoms with Crippen molar-refractivity contribution in [1.29, 1.82) is 0 Å². The zero-order valence-electron chi connectivity index (χ0n) is 4.64. The minimum absolute atomic E-state index is 1.24. The summed E-state index contributed by atoms with van der Waals surface area (Å²) in [6.07, 6.45) is 0. The van der Waals surface area contributed by atoms with Crippen LogP contribution in [0, 0.1) is 0 Å². The van der Waals surface area contributed by atoms with Crippen molar-refractivity contribution in [1.82, 2.24) is 0 Å². The Morgan fingerprint density at radius 2 is 1.56 bits per heavy atom. The molecule has 3 heteroatoms. The van der Waals surface area contributed by atoms with Crippen LogP contribution in [0.25, 0.3) is 0 Å². The second-order valence-corrected chi connectivity index (χ2v) is 2.08. The Morgan fingerprint density at radius 3 is 1.78 bits per heavy atom. The van der Waals surface area contributed by atoms with Crippen LogP contribution in [0.5, 0.6) is 0 Å². The minimum atomic E-state index is 1.24. The van der Waals surface area contributed by atoms with Crippen molar-refractivity contribution in [3.8, 4) is 0 Å². The van der Waals surface area contributed by atoms with Gasteiger partial charge in [-0.1, -0.05) is 30.3 Å². The fraction of sp³-hybridized carbons (Fsp3) is 0. The van der Waals surface area contributed by atoms with Gasteiger partial charge in [0.1, 0.15) is 0 Å². The van der Waals surface area contributed by atoms with Gasteiger partial charge in [-0.25, -0.2) is 0 Å². The van der Waals surface area contributed by atoms with Crippen molar-refractivity contribution in [2.24, 2.45) is 0 Å². The molecule has 0 heterocycles. The molecule has 1 rings (SSSR count). The van der Waals surface area contributed by atoms with E-state index in [4.69, 9.17) is 0 Å². The molecule has 0 aliphatic heterocycles. The third kappa shape index (κ3) is 5.14. The molecule has 54 valence electrons. The van der Waals surface area contributed by atoms with Crippen LogP contribution in [-0.4, -0.2) is 0 Å². The molecule has 0 spiro atoms. The van der Waals surface area contributed by atoms with Crippen LogP contribution < -0.4 is 5.30 Å². The van der Waals surface area contributed by atoms with E-state index in [0.29, 0.717) is 0 Å². The first-order valence-electron chi connectivity index (χ1n) is 2.31. The molecular formula is C6H7AuClP. The fourth-order valence-corrected chi connectivity index (χ4v) is 0.675. The summed E-state index contributed by atoms with van der Waals surface area (Å²) in [5.74, 6) is 0. The summed E-state index contributed by atoms with van der Waals surface area (Å²) in [6, 6.07) is 10.1. The maximum atomic E-state index is 4.58. The second kappa shape index (κ2) is 6.80. The van der Waals surface area contributed by atoms with Crippen molar-refractivity contribution < 1.29 is 20.0 Å². The summed E-state index contributed by atoms with van der Waals surface area (Å²) in [5, 5.41) is 1.24. The number of hydrogen-bond acceptors (Lipinski definition) is 0. The SMILES string of the molecule is Pc1ccccc1.[Cl][Au]. The van der Waals surface area contributed by atoms with Gasteiger partial charge in [-0.2, -0.15) is 0 Å². The van der Waals surface area contributed by atoms with E-state index in [2.05, 4.69) is 18.4 Å². The molecule has 9 heavy (non-hydrogen) atoms. The van der Waals surface area contributed by atoms with Crippen LogP contribution in [0.4, 0.5) is 0 Å². The normalized spacial score (nSPS) is 7.56. The van der Waals surface area contributed by atoms with Crippen LogP contribution in [0.2, 0.25) is 0 Å². The Balaban J connectivity index is 0.000000291. The average molecular weight is 343 g/mol. The van der Waals surface area contributed by atoms with Gasteiger partial charge in [-0.15, -0.1) is 9.24 Å². The third-order valence-corrected chi connectivity index (χ3v) is 1.18. The molecule has 0 nitrogen and oxygen atoms in total. The standard InChI is InChI=1S/C6H7P.Au.ClH/c7-6-4-2-1-3-5-6;;/h1-5H,7H2;;1H/q;+1;/p-1. The molecule has 0 aliphatic rings. The van der Waals surface area contributed by atoms with E-state index in [9.17, 15) is 0 Å². The predicted molar refractivity (Wildman–Crippen MR) is 41.6 cm³/mol. The van der Waals surface area contributed by atoms with E-state index < -0.39 is 0 Å². The Morgan fingerprint density at radius 1 is 1.11 bits per heavy atom. The summed E-state index contributed by atoms with van der Waals surface area (Å²) < 4.78 is 0. The number of rotatable bonds is 0. The number of halogens is 1. The van der Waals surface area contributed by atoms with Crippen LogP contribution in [0.1, 0.15) is 0 Å². The average Bonchev–Trinajstić information content (AvgIpc) is 1.94. The van der Waals surface area contributed by atoms with Crippen LogP contribution in [-0.2, 0) is 20.0 Å². The fourth-order valence-electron chi connectivity index (χ4n) is 0.453. The summed E-state index contributed by atoms with van der Waals surface area (Å²) in [4.78, 5) is 0. The molecule has 0 amide bonds. The van der Waals surface area contributed by atoms with Crippen molar-refractivity contribution in [3.63, 3.8) is 0 Å². The van der Waals surface area contributed by atoms with Gasteiger partial charge in [0.05, 0.1) is 0 Å². The van der Waals surface area contributed by atoms with E-state index in [1.165, 1.54) is 5.30 Å². The van der Waals surface area contributed by atoms with Crippen molar-refractivity contribution >= 4 is 23.7 Å². The molecule has 0 saturated heterocycles. The first-order chi connectivity index (χ1) is 4.39. The van der Waals surface area contributed by atoms with E-state index in [-0.39, 0.29) is 0 Å². The molecule has 0 N–H and O–H groups in total.